The molecule has 1 aliphatic rings. The summed E-state index contributed by atoms with van der Waals surface area (Å²) in [6, 6.07) is 3.34. The molecule has 1 saturated heterocycles. The lowest BCUT2D eigenvalue weighted by Crippen LogP contribution is -2.58. The van der Waals surface area contributed by atoms with Crippen molar-refractivity contribution < 1.29 is 13.6 Å². The molecular weight excluding hydrogens is 264 g/mol. The van der Waals surface area contributed by atoms with Crippen molar-refractivity contribution in [1.29, 1.82) is 0 Å². The number of benzene rings is 1. The predicted octanol–water partition coefficient (Wildman–Crippen LogP) is 1.59. The first-order valence-electron chi connectivity index (χ1n) is 6.63. The molecule has 0 radical (unpaired) electrons. The highest BCUT2D eigenvalue weighted by Gasteiger charge is 2.35. The van der Waals surface area contributed by atoms with Gasteiger partial charge in [0, 0.05) is 37.9 Å². The molecule has 1 heterocycles. The van der Waals surface area contributed by atoms with Gasteiger partial charge in [-0.25, -0.2) is 8.78 Å². The third kappa shape index (κ3) is 3.13. The fourth-order valence-electron chi connectivity index (χ4n) is 2.23. The molecule has 110 valence electrons. The lowest BCUT2D eigenvalue weighted by atomic mass is 10.0. The Morgan fingerprint density at radius 2 is 1.90 bits per heavy atom. The minimum absolute atomic E-state index is 0.231. The Kier molecular flexibility index (Phi) is 4.35. The summed E-state index contributed by atoms with van der Waals surface area (Å²) in [4.78, 5) is 14.4. The molecule has 6 heteroatoms. The van der Waals surface area contributed by atoms with Crippen molar-refractivity contribution in [3.05, 3.63) is 29.8 Å². The molecule has 0 unspecified atom stereocenters. The second-order valence-corrected chi connectivity index (χ2v) is 5.38. The van der Waals surface area contributed by atoms with E-state index in [1.54, 1.807) is 0 Å². The highest BCUT2D eigenvalue weighted by atomic mass is 19.2. The van der Waals surface area contributed by atoms with E-state index in [0.717, 1.165) is 38.3 Å². The van der Waals surface area contributed by atoms with E-state index >= 15 is 0 Å². The van der Waals surface area contributed by atoms with E-state index in [1.165, 1.54) is 6.07 Å². The van der Waals surface area contributed by atoms with E-state index in [0.29, 0.717) is 0 Å². The van der Waals surface area contributed by atoms with E-state index < -0.39 is 17.2 Å². The summed E-state index contributed by atoms with van der Waals surface area (Å²) in [6.07, 6.45) is 0. The Morgan fingerprint density at radius 1 is 1.25 bits per heavy atom. The molecule has 1 aliphatic heterocycles. The van der Waals surface area contributed by atoms with Gasteiger partial charge in [-0.1, -0.05) is 0 Å². The molecule has 20 heavy (non-hydrogen) atoms. The number of rotatable bonds is 3. The molecule has 0 saturated carbocycles. The minimum Gasteiger partial charge on any atom is -0.324 e. The van der Waals surface area contributed by atoms with Gasteiger partial charge in [-0.2, -0.15) is 0 Å². The number of carbonyl (C=O) groups is 1. The average Bonchev–Trinajstić information content (AvgIpc) is 2.44. The fraction of sp³-hybridized carbons (Fsp3) is 0.500. The van der Waals surface area contributed by atoms with E-state index in [1.807, 2.05) is 13.8 Å². The molecule has 2 rings (SSSR count). The van der Waals surface area contributed by atoms with Crippen LogP contribution in [-0.4, -0.2) is 42.5 Å². The summed E-state index contributed by atoms with van der Waals surface area (Å²) in [7, 11) is 0. The molecule has 1 fully saturated rings. The van der Waals surface area contributed by atoms with E-state index in [2.05, 4.69) is 15.5 Å². The average molecular weight is 283 g/mol. The summed E-state index contributed by atoms with van der Waals surface area (Å²) < 4.78 is 26.0. The zero-order valence-corrected chi connectivity index (χ0v) is 11.7. The predicted molar refractivity (Wildman–Crippen MR) is 73.5 cm³/mol. The van der Waals surface area contributed by atoms with Crippen LogP contribution in [0.25, 0.3) is 0 Å². The number of carbonyl (C=O) groups excluding carboxylic acids is 1. The summed E-state index contributed by atoms with van der Waals surface area (Å²) in [5.41, 5.74) is -0.440. The third-order valence-electron chi connectivity index (χ3n) is 3.64. The Balaban J connectivity index is 2.07. The molecule has 4 nitrogen and oxygen atoms in total. The SMILES string of the molecule is CC(C)(C(=O)Nc1ccc(F)c(F)c1)N1CCNCC1. The van der Waals surface area contributed by atoms with Crippen LogP contribution in [0.1, 0.15) is 13.8 Å². The Hall–Kier alpha value is -1.53. The Bertz CT molecular complexity index is 499. The zero-order chi connectivity index (χ0) is 14.8. The second-order valence-electron chi connectivity index (χ2n) is 5.38. The first-order chi connectivity index (χ1) is 9.41. The maximum absolute atomic E-state index is 13.1. The summed E-state index contributed by atoms with van der Waals surface area (Å²) in [5.74, 6) is -2.13. The maximum atomic E-state index is 13.1. The number of halogens is 2. The lowest BCUT2D eigenvalue weighted by Gasteiger charge is -2.39. The van der Waals surface area contributed by atoms with Crippen LogP contribution < -0.4 is 10.6 Å². The number of amides is 1. The summed E-state index contributed by atoms with van der Waals surface area (Å²) >= 11 is 0. The number of hydrogen-bond acceptors (Lipinski definition) is 3. The molecule has 0 atom stereocenters. The van der Waals surface area contributed by atoms with Crippen molar-refractivity contribution >= 4 is 11.6 Å². The minimum atomic E-state index is -0.970. The quantitative estimate of drug-likeness (QED) is 0.885. The summed E-state index contributed by atoms with van der Waals surface area (Å²) in [5, 5.41) is 5.86. The third-order valence-corrected chi connectivity index (χ3v) is 3.64. The number of piperazine rings is 1. The van der Waals surface area contributed by atoms with Crippen LogP contribution in [0.4, 0.5) is 14.5 Å². The van der Waals surface area contributed by atoms with Crippen molar-refractivity contribution in [3.63, 3.8) is 0 Å². The normalized spacial score (nSPS) is 17.0. The Morgan fingerprint density at radius 3 is 2.50 bits per heavy atom. The topological polar surface area (TPSA) is 44.4 Å². The number of anilines is 1. The van der Waals surface area contributed by atoms with Gasteiger partial charge in [0.2, 0.25) is 5.91 Å². The molecule has 0 aromatic heterocycles. The van der Waals surface area contributed by atoms with Crippen LogP contribution in [0.5, 0.6) is 0 Å². The maximum Gasteiger partial charge on any atom is 0.244 e. The number of nitrogens with one attached hydrogen (secondary N) is 2. The Labute approximate surface area is 117 Å². The van der Waals surface area contributed by atoms with Crippen LogP contribution in [0, 0.1) is 11.6 Å². The van der Waals surface area contributed by atoms with Gasteiger partial charge in [0.25, 0.3) is 0 Å². The molecule has 1 aromatic rings. The van der Waals surface area contributed by atoms with Gasteiger partial charge in [-0.15, -0.1) is 0 Å². The number of hydrogen-bond donors (Lipinski definition) is 2. The van der Waals surface area contributed by atoms with Gasteiger partial charge in [0.1, 0.15) is 0 Å². The van der Waals surface area contributed by atoms with Crippen molar-refractivity contribution in [2.24, 2.45) is 0 Å². The second kappa shape index (κ2) is 5.85. The smallest absolute Gasteiger partial charge is 0.244 e. The highest BCUT2D eigenvalue weighted by Crippen LogP contribution is 2.19. The van der Waals surface area contributed by atoms with Crippen molar-refractivity contribution in [1.82, 2.24) is 10.2 Å². The molecule has 0 aliphatic carbocycles. The first kappa shape index (κ1) is 14.9. The highest BCUT2D eigenvalue weighted by molar-refractivity contribution is 5.97. The molecule has 2 N–H and O–H groups in total. The van der Waals surface area contributed by atoms with E-state index in [-0.39, 0.29) is 11.6 Å². The van der Waals surface area contributed by atoms with Gasteiger partial charge in [0.15, 0.2) is 11.6 Å². The van der Waals surface area contributed by atoms with E-state index in [4.69, 9.17) is 0 Å². The van der Waals surface area contributed by atoms with Crippen molar-refractivity contribution in [3.8, 4) is 0 Å². The monoisotopic (exact) mass is 283 g/mol. The molecule has 0 spiro atoms. The van der Waals surface area contributed by atoms with E-state index in [9.17, 15) is 13.6 Å². The van der Waals surface area contributed by atoms with Gasteiger partial charge in [-0.05, 0) is 26.0 Å². The molecule has 0 bridgehead atoms. The largest absolute Gasteiger partial charge is 0.324 e. The molecular formula is C14H19F2N3O. The van der Waals surface area contributed by atoms with Crippen LogP contribution in [0.2, 0.25) is 0 Å². The van der Waals surface area contributed by atoms with Crippen LogP contribution >= 0.6 is 0 Å². The van der Waals surface area contributed by atoms with Gasteiger partial charge in [-0.3, -0.25) is 9.69 Å². The van der Waals surface area contributed by atoms with Crippen molar-refractivity contribution in [2.75, 3.05) is 31.5 Å². The van der Waals surface area contributed by atoms with Gasteiger partial charge < -0.3 is 10.6 Å². The molecule has 1 aromatic carbocycles. The summed E-state index contributed by atoms with van der Waals surface area (Å²) in [6.45, 7) is 6.88. The zero-order valence-electron chi connectivity index (χ0n) is 11.7. The first-order valence-corrected chi connectivity index (χ1v) is 6.63. The van der Waals surface area contributed by atoms with Crippen LogP contribution in [0.15, 0.2) is 18.2 Å². The van der Waals surface area contributed by atoms with Crippen LogP contribution in [-0.2, 0) is 4.79 Å². The standard InChI is InChI=1S/C14H19F2N3O/c1-14(2,19-7-5-17-6-8-19)13(20)18-10-3-4-11(15)12(16)9-10/h3-4,9,17H,5-8H2,1-2H3,(H,18,20). The fourth-order valence-corrected chi connectivity index (χ4v) is 2.23. The van der Waals surface area contributed by atoms with Gasteiger partial charge >= 0.3 is 0 Å². The van der Waals surface area contributed by atoms with Crippen molar-refractivity contribution in [2.45, 2.75) is 19.4 Å². The van der Waals surface area contributed by atoms with Crippen LogP contribution in [0.3, 0.4) is 0 Å². The van der Waals surface area contributed by atoms with Gasteiger partial charge in [0.05, 0.1) is 5.54 Å². The lowest BCUT2D eigenvalue weighted by molar-refractivity contribution is -0.126. The number of nitrogens with zero attached hydrogens (tertiary/aromatic N) is 1. The molecule has 1 amide bonds.